The lowest BCUT2D eigenvalue weighted by molar-refractivity contribution is -0.144. The van der Waals surface area contributed by atoms with Gasteiger partial charge in [-0.1, -0.05) is 39.2 Å². The van der Waals surface area contributed by atoms with Crippen molar-refractivity contribution in [3.63, 3.8) is 0 Å². The molecule has 15 heavy (non-hydrogen) atoms. The summed E-state index contributed by atoms with van der Waals surface area (Å²) < 4.78 is 5.21. The molecule has 0 aliphatic heterocycles. The smallest absolute Gasteiger partial charge is 0.303 e. The highest BCUT2D eigenvalue weighted by Crippen LogP contribution is 2.10. The molecule has 0 aromatic heterocycles. The average molecular weight is 212 g/mol. The Labute approximate surface area is 93.7 Å². The molecule has 0 aliphatic rings. The zero-order valence-electron chi connectivity index (χ0n) is 10.3. The van der Waals surface area contributed by atoms with E-state index in [1.807, 2.05) is 6.08 Å². The lowest BCUT2D eigenvalue weighted by atomic mass is 10.1. The summed E-state index contributed by atoms with van der Waals surface area (Å²) in [6.07, 6.45) is 10.9. The van der Waals surface area contributed by atoms with Gasteiger partial charge in [0.15, 0.2) is 0 Å². The SMILES string of the molecule is CC/C=C/C(CCCCCC)OC(C)=O. The van der Waals surface area contributed by atoms with E-state index in [1.54, 1.807) is 0 Å². The zero-order valence-corrected chi connectivity index (χ0v) is 10.3. The highest BCUT2D eigenvalue weighted by Gasteiger charge is 2.06. The summed E-state index contributed by atoms with van der Waals surface area (Å²) in [6.45, 7) is 5.75. The Balaban J connectivity index is 3.79. The van der Waals surface area contributed by atoms with Gasteiger partial charge in [0, 0.05) is 6.92 Å². The van der Waals surface area contributed by atoms with Crippen LogP contribution in [0.4, 0.5) is 0 Å². The van der Waals surface area contributed by atoms with Crippen LogP contribution in [0.15, 0.2) is 12.2 Å². The minimum Gasteiger partial charge on any atom is -0.458 e. The molecule has 0 amide bonds. The van der Waals surface area contributed by atoms with Gasteiger partial charge in [-0.3, -0.25) is 4.79 Å². The first-order valence-corrected chi connectivity index (χ1v) is 6.04. The van der Waals surface area contributed by atoms with Crippen LogP contribution in [-0.4, -0.2) is 12.1 Å². The maximum Gasteiger partial charge on any atom is 0.303 e. The molecule has 0 saturated heterocycles. The number of rotatable bonds is 8. The zero-order chi connectivity index (χ0) is 11.5. The Hall–Kier alpha value is -0.790. The van der Waals surface area contributed by atoms with Gasteiger partial charge in [0.05, 0.1) is 0 Å². The van der Waals surface area contributed by atoms with E-state index in [1.165, 1.54) is 26.2 Å². The molecule has 0 aromatic carbocycles. The molecule has 0 fully saturated rings. The van der Waals surface area contributed by atoms with Crippen molar-refractivity contribution in [2.75, 3.05) is 0 Å². The fraction of sp³-hybridized carbons (Fsp3) is 0.769. The molecule has 0 aromatic rings. The van der Waals surface area contributed by atoms with Crippen LogP contribution in [0.5, 0.6) is 0 Å². The number of unbranched alkanes of at least 4 members (excludes halogenated alkanes) is 3. The van der Waals surface area contributed by atoms with Gasteiger partial charge in [-0.15, -0.1) is 0 Å². The summed E-state index contributed by atoms with van der Waals surface area (Å²) in [5.41, 5.74) is 0. The predicted octanol–water partition coefficient (Wildman–Crippen LogP) is 3.85. The van der Waals surface area contributed by atoms with Gasteiger partial charge in [-0.05, 0) is 25.3 Å². The summed E-state index contributed by atoms with van der Waals surface area (Å²) in [6, 6.07) is 0. The molecule has 2 heteroatoms. The third kappa shape index (κ3) is 9.51. The van der Waals surface area contributed by atoms with Gasteiger partial charge in [0.25, 0.3) is 0 Å². The molecule has 1 unspecified atom stereocenters. The third-order valence-electron chi connectivity index (χ3n) is 2.25. The van der Waals surface area contributed by atoms with Crippen molar-refractivity contribution < 1.29 is 9.53 Å². The van der Waals surface area contributed by atoms with E-state index in [9.17, 15) is 4.79 Å². The Kier molecular flexibility index (Phi) is 9.24. The van der Waals surface area contributed by atoms with Crippen molar-refractivity contribution in [2.45, 2.75) is 65.4 Å². The first-order chi connectivity index (χ1) is 7.20. The van der Waals surface area contributed by atoms with Crippen molar-refractivity contribution in [2.24, 2.45) is 0 Å². The maximum atomic E-state index is 10.9. The van der Waals surface area contributed by atoms with Crippen LogP contribution >= 0.6 is 0 Å². The average Bonchev–Trinajstić information content (AvgIpc) is 2.19. The molecule has 0 bridgehead atoms. The van der Waals surface area contributed by atoms with Crippen LogP contribution in [-0.2, 0) is 9.53 Å². The van der Waals surface area contributed by atoms with Crippen molar-refractivity contribution in [3.05, 3.63) is 12.2 Å². The molecule has 0 heterocycles. The lowest BCUT2D eigenvalue weighted by Crippen LogP contribution is -2.13. The Bertz CT molecular complexity index is 185. The summed E-state index contributed by atoms with van der Waals surface area (Å²) in [5.74, 6) is -0.184. The van der Waals surface area contributed by atoms with Crippen molar-refractivity contribution in [1.29, 1.82) is 0 Å². The lowest BCUT2D eigenvalue weighted by Gasteiger charge is -2.12. The Morgan fingerprint density at radius 1 is 1.27 bits per heavy atom. The molecule has 2 nitrogen and oxygen atoms in total. The van der Waals surface area contributed by atoms with Gasteiger partial charge < -0.3 is 4.74 Å². The molecule has 0 spiro atoms. The molecule has 1 atom stereocenters. The molecule has 88 valence electrons. The Morgan fingerprint density at radius 3 is 2.53 bits per heavy atom. The van der Waals surface area contributed by atoms with Crippen LogP contribution in [0.1, 0.15) is 59.3 Å². The maximum absolute atomic E-state index is 10.9. The largest absolute Gasteiger partial charge is 0.458 e. The minimum absolute atomic E-state index is 0.0145. The summed E-state index contributed by atoms with van der Waals surface area (Å²) in [7, 11) is 0. The van der Waals surface area contributed by atoms with Gasteiger partial charge in [0.1, 0.15) is 6.10 Å². The minimum atomic E-state index is -0.184. The summed E-state index contributed by atoms with van der Waals surface area (Å²) >= 11 is 0. The molecule has 0 N–H and O–H groups in total. The van der Waals surface area contributed by atoms with E-state index < -0.39 is 0 Å². The van der Waals surface area contributed by atoms with Gasteiger partial charge in [-0.25, -0.2) is 0 Å². The summed E-state index contributed by atoms with van der Waals surface area (Å²) in [5, 5.41) is 0. The molecular weight excluding hydrogens is 188 g/mol. The molecular formula is C13H24O2. The number of ether oxygens (including phenoxy) is 1. The van der Waals surface area contributed by atoms with Crippen LogP contribution in [0.2, 0.25) is 0 Å². The monoisotopic (exact) mass is 212 g/mol. The fourth-order valence-electron chi connectivity index (χ4n) is 1.47. The highest BCUT2D eigenvalue weighted by molar-refractivity contribution is 5.66. The quantitative estimate of drug-likeness (QED) is 0.347. The van der Waals surface area contributed by atoms with Gasteiger partial charge >= 0.3 is 5.97 Å². The number of esters is 1. The predicted molar refractivity (Wildman–Crippen MR) is 63.7 cm³/mol. The van der Waals surface area contributed by atoms with Crippen molar-refractivity contribution in [3.8, 4) is 0 Å². The fourth-order valence-corrected chi connectivity index (χ4v) is 1.47. The first-order valence-electron chi connectivity index (χ1n) is 6.04. The van der Waals surface area contributed by atoms with Crippen LogP contribution in [0.25, 0.3) is 0 Å². The molecule has 0 saturated carbocycles. The standard InChI is InChI=1S/C13H24O2/c1-4-6-8-9-11-13(10-7-5-2)15-12(3)14/h7,10,13H,4-6,8-9,11H2,1-3H3/b10-7+. The van der Waals surface area contributed by atoms with E-state index in [0.717, 1.165) is 19.3 Å². The topological polar surface area (TPSA) is 26.3 Å². The number of carbonyl (C=O) groups excluding carboxylic acids is 1. The van der Waals surface area contributed by atoms with Gasteiger partial charge in [0.2, 0.25) is 0 Å². The van der Waals surface area contributed by atoms with E-state index in [0.29, 0.717) is 0 Å². The van der Waals surface area contributed by atoms with E-state index in [2.05, 4.69) is 19.9 Å². The number of allylic oxidation sites excluding steroid dienone is 1. The third-order valence-corrected chi connectivity index (χ3v) is 2.25. The first kappa shape index (κ1) is 14.2. The van der Waals surface area contributed by atoms with E-state index >= 15 is 0 Å². The molecule has 0 radical (unpaired) electrons. The van der Waals surface area contributed by atoms with Crippen LogP contribution < -0.4 is 0 Å². The number of carbonyl (C=O) groups is 1. The second-order valence-corrected chi connectivity index (χ2v) is 3.83. The van der Waals surface area contributed by atoms with Crippen molar-refractivity contribution >= 4 is 5.97 Å². The van der Waals surface area contributed by atoms with E-state index in [-0.39, 0.29) is 12.1 Å². The van der Waals surface area contributed by atoms with Crippen molar-refractivity contribution in [1.82, 2.24) is 0 Å². The number of hydrogen-bond donors (Lipinski definition) is 0. The second kappa shape index (κ2) is 9.75. The van der Waals surface area contributed by atoms with Gasteiger partial charge in [-0.2, -0.15) is 0 Å². The highest BCUT2D eigenvalue weighted by atomic mass is 16.5. The summed E-state index contributed by atoms with van der Waals surface area (Å²) in [4.78, 5) is 10.9. The molecule has 0 rings (SSSR count). The van der Waals surface area contributed by atoms with Crippen LogP contribution in [0.3, 0.4) is 0 Å². The molecule has 0 aliphatic carbocycles. The van der Waals surface area contributed by atoms with Crippen LogP contribution in [0, 0.1) is 0 Å². The Morgan fingerprint density at radius 2 is 2.00 bits per heavy atom. The number of hydrogen-bond acceptors (Lipinski definition) is 2. The van der Waals surface area contributed by atoms with E-state index in [4.69, 9.17) is 4.74 Å². The second-order valence-electron chi connectivity index (χ2n) is 3.83. The normalized spacial score (nSPS) is 13.0.